The van der Waals surface area contributed by atoms with Crippen LogP contribution in [0.5, 0.6) is 17.2 Å². The summed E-state index contributed by atoms with van der Waals surface area (Å²) in [5, 5.41) is 35.6. The average Bonchev–Trinajstić information content (AvgIpc) is 3.33. The number of rotatable bonds is 1. The summed E-state index contributed by atoms with van der Waals surface area (Å²) in [6, 6.07) is 19.8. The molecule has 2 heterocycles. The number of nitrogens with one attached hydrogen (secondary N) is 1. The van der Waals surface area contributed by atoms with E-state index in [4.69, 9.17) is 15.7 Å². The van der Waals surface area contributed by atoms with Crippen LogP contribution in [0.3, 0.4) is 0 Å². The van der Waals surface area contributed by atoms with Crippen molar-refractivity contribution in [1.82, 2.24) is 9.55 Å². The second-order valence-corrected chi connectivity index (χ2v) is 7.63. The first kappa shape index (κ1) is 17.8. The normalized spacial score (nSPS) is 11.9. The van der Waals surface area contributed by atoms with Crippen LogP contribution < -0.4 is 10.9 Å². The monoisotopic (exact) mass is 400 g/mol. The van der Waals surface area contributed by atoms with Gasteiger partial charge in [0.2, 0.25) is 0 Å². The third-order valence-corrected chi connectivity index (χ3v) is 6.01. The number of aromatic amines is 1. The maximum Gasteiger partial charge on any atom is 0.181 e. The highest BCUT2D eigenvalue weighted by Crippen LogP contribution is 2.41. The molecule has 0 atom stereocenters. The van der Waals surface area contributed by atoms with Crippen molar-refractivity contribution in [2.24, 2.45) is 0 Å². The van der Waals surface area contributed by atoms with E-state index in [2.05, 4.69) is 11.1 Å². The SMILES string of the molecule is [B]c1c(O)c([B])c(-n2c3ccccc3c3ccc4c5ccccc5[nH]c4c32)c(O)c1O. The van der Waals surface area contributed by atoms with Crippen molar-refractivity contribution in [2.75, 3.05) is 0 Å². The van der Waals surface area contributed by atoms with Gasteiger partial charge < -0.3 is 24.9 Å². The topological polar surface area (TPSA) is 81.4 Å². The Hall–Kier alpha value is -3.99. The maximum absolute atomic E-state index is 10.8. The minimum absolute atomic E-state index is 0.0709. The quantitative estimate of drug-likeness (QED) is 0.195. The lowest BCUT2D eigenvalue weighted by atomic mass is 9.83. The molecule has 0 aliphatic carbocycles. The first-order valence-corrected chi connectivity index (χ1v) is 9.73. The van der Waals surface area contributed by atoms with Gasteiger partial charge in [-0.1, -0.05) is 48.5 Å². The summed E-state index contributed by atoms with van der Waals surface area (Å²) in [4.78, 5) is 3.48. The van der Waals surface area contributed by atoms with Crippen molar-refractivity contribution >= 4 is 70.2 Å². The van der Waals surface area contributed by atoms with Crippen molar-refractivity contribution < 1.29 is 15.3 Å². The second kappa shape index (κ2) is 6.01. The zero-order valence-electron chi connectivity index (χ0n) is 16.2. The van der Waals surface area contributed by atoms with Crippen LogP contribution in [0.15, 0.2) is 60.7 Å². The van der Waals surface area contributed by atoms with Gasteiger partial charge in [-0.25, -0.2) is 0 Å². The smallest absolute Gasteiger partial charge is 0.181 e. The number of H-pyrrole nitrogens is 1. The number of para-hydroxylation sites is 2. The number of phenols is 3. The van der Waals surface area contributed by atoms with Crippen LogP contribution in [-0.4, -0.2) is 40.6 Å². The van der Waals surface area contributed by atoms with Crippen LogP contribution in [0, 0.1) is 0 Å². The van der Waals surface area contributed by atoms with E-state index >= 15 is 0 Å². The van der Waals surface area contributed by atoms with Gasteiger partial charge in [-0.2, -0.15) is 0 Å². The van der Waals surface area contributed by atoms with E-state index in [0.717, 1.165) is 43.6 Å². The molecule has 4 radical (unpaired) electrons. The first-order chi connectivity index (χ1) is 15.0. The van der Waals surface area contributed by atoms with Crippen LogP contribution in [0.1, 0.15) is 0 Å². The van der Waals surface area contributed by atoms with E-state index in [-0.39, 0.29) is 16.6 Å². The molecule has 0 aliphatic rings. The predicted octanol–water partition coefficient (Wildman–Crippen LogP) is 3.12. The molecule has 0 saturated carbocycles. The Kier molecular flexibility index (Phi) is 3.46. The number of benzene rings is 4. The third kappa shape index (κ3) is 2.18. The summed E-state index contributed by atoms with van der Waals surface area (Å²) in [7, 11) is 11.9. The largest absolute Gasteiger partial charge is 0.509 e. The lowest BCUT2D eigenvalue weighted by Crippen LogP contribution is -2.21. The fourth-order valence-corrected chi connectivity index (χ4v) is 4.57. The average molecular weight is 400 g/mol. The Bertz CT molecular complexity index is 1670. The van der Waals surface area contributed by atoms with Gasteiger partial charge >= 0.3 is 0 Å². The molecule has 2 aromatic heterocycles. The highest BCUT2D eigenvalue weighted by atomic mass is 16.3. The molecule has 0 bridgehead atoms. The summed E-state index contributed by atoms with van der Waals surface area (Å²) in [5.74, 6) is -1.58. The Morgan fingerprint density at radius 1 is 0.645 bits per heavy atom. The van der Waals surface area contributed by atoms with Crippen molar-refractivity contribution in [2.45, 2.75) is 0 Å². The van der Waals surface area contributed by atoms with E-state index < -0.39 is 17.2 Å². The summed E-state index contributed by atoms with van der Waals surface area (Å²) in [5.41, 5.74) is 2.93. The zero-order chi connectivity index (χ0) is 21.4. The van der Waals surface area contributed by atoms with Crippen LogP contribution in [0.2, 0.25) is 0 Å². The number of nitrogens with zero attached hydrogens (tertiary/aromatic N) is 1. The van der Waals surface area contributed by atoms with E-state index in [9.17, 15) is 15.3 Å². The standard InChI is InChI=1S/C24H14B2N2O3/c25-17-21(24(31)23(30)18(26)22(17)29)28-16-8-4-2-6-12(16)14-10-9-13-11-5-1-3-7-15(11)27-19(13)20(14)28/h1-10,27,29-31H. The Morgan fingerprint density at radius 2 is 1.32 bits per heavy atom. The van der Waals surface area contributed by atoms with Gasteiger partial charge in [-0.15, -0.1) is 0 Å². The molecule has 7 heteroatoms. The summed E-state index contributed by atoms with van der Waals surface area (Å²) < 4.78 is 1.76. The molecule has 4 aromatic carbocycles. The number of aromatic hydroxyl groups is 3. The van der Waals surface area contributed by atoms with Crippen LogP contribution in [-0.2, 0) is 0 Å². The first-order valence-electron chi connectivity index (χ1n) is 9.73. The fraction of sp³-hybridized carbons (Fsp3) is 0. The molecule has 4 N–H and O–H groups in total. The van der Waals surface area contributed by atoms with Crippen molar-refractivity contribution in [3.05, 3.63) is 60.7 Å². The highest BCUT2D eigenvalue weighted by Gasteiger charge is 2.24. The number of hydrogen-bond donors (Lipinski definition) is 4. The van der Waals surface area contributed by atoms with Crippen LogP contribution in [0.25, 0.3) is 49.3 Å². The van der Waals surface area contributed by atoms with Crippen molar-refractivity contribution in [3.63, 3.8) is 0 Å². The molecule has 0 unspecified atom stereocenters. The summed E-state index contributed by atoms with van der Waals surface area (Å²) in [6.45, 7) is 0. The van der Waals surface area contributed by atoms with Crippen molar-refractivity contribution in [1.29, 1.82) is 0 Å². The molecular formula is C24H14B2N2O3. The zero-order valence-corrected chi connectivity index (χ0v) is 16.2. The second-order valence-electron chi connectivity index (χ2n) is 7.63. The maximum atomic E-state index is 10.8. The molecule has 0 aliphatic heterocycles. The summed E-state index contributed by atoms with van der Waals surface area (Å²) in [6.07, 6.45) is 0. The number of fused-ring (bicyclic) bond motifs is 7. The minimum atomic E-state index is -0.614. The molecule has 0 spiro atoms. The Balaban J connectivity index is 1.92. The van der Waals surface area contributed by atoms with Gasteiger partial charge in [0, 0.05) is 27.1 Å². The van der Waals surface area contributed by atoms with Gasteiger partial charge in [-0.3, -0.25) is 0 Å². The van der Waals surface area contributed by atoms with Crippen LogP contribution >= 0.6 is 0 Å². The van der Waals surface area contributed by atoms with Crippen molar-refractivity contribution in [3.8, 4) is 22.9 Å². The molecule has 5 nitrogen and oxygen atoms in total. The molecule has 31 heavy (non-hydrogen) atoms. The van der Waals surface area contributed by atoms with E-state index in [1.54, 1.807) is 4.57 Å². The lowest BCUT2D eigenvalue weighted by molar-refractivity contribution is 0.401. The molecular weight excluding hydrogens is 386 g/mol. The Morgan fingerprint density at radius 3 is 2.13 bits per heavy atom. The number of aromatic nitrogens is 2. The van der Waals surface area contributed by atoms with E-state index in [1.165, 1.54) is 0 Å². The van der Waals surface area contributed by atoms with E-state index in [0.29, 0.717) is 0 Å². The molecule has 144 valence electrons. The lowest BCUT2D eigenvalue weighted by Gasteiger charge is -2.18. The third-order valence-electron chi connectivity index (χ3n) is 6.01. The molecule has 0 saturated heterocycles. The number of hydrogen-bond acceptors (Lipinski definition) is 3. The van der Waals surface area contributed by atoms with Gasteiger partial charge in [0.1, 0.15) is 21.4 Å². The molecule has 0 fully saturated rings. The van der Waals surface area contributed by atoms with E-state index in [1.807, 2.05) is 54.6 Å². The van der Waals surface area contributed by atoms with Gasteiger partial charge in [0.05, 0.1) is 22.2 Å². The predicted molar refractivity (Wildman–Crippen MR) is 126 cm³/mol. The van der Waals surface area contributed by atoms with Crippen LogP contribution in [0.4, 0.5) is 0 Å². The molecule has 0 amide bonds. The minimum Gasteiger partial charge on any atom is -0.509 e. The fourth-order valence-electron chi connectivity index (χ4n) is 4.57. The highest BCUT2D eigenvalue weighted by molar-refractivity contribution is 6.45. The molecule has 6 rings (SSSR count). The summed E-state index contributed by atoms with van der Waals surface area (Å²) >= 11 is 0. The van der Waals surface area contributed by atoms with Gasteiger partial charge in [0.15, 0.2) is 11.5 Å². The Labute approximate surface area is 179 Å². The van der Waals surface area contributed by atoms with Gasteiger partial charge in [-0.05, 0) is 23.1 Å². The molecule has 6 aromatic rings. The van der Waals surface area contributed by atoms with Gasteiger partial charge in [0.25, 0.3) is 0 Å². The number of phenolic OH excluding ortho intramolecular Hbond substituents is 3.